The Kier molecular flexibility index (Phi) is 6.35. The average Bonchev–Trinajstić information content (AvgIpc) is 3.21. The highest BCUT2D eigenvalue weighted by molar-refractivity contribution is 5.88. The van der Waals surface area contributed by atoms with E-state index in [1.54, 1.807) is 12.1 Å². The number of carbonyl (C=O) groups is 1. The summed E-state index contributed by atoms with van der Waals surface area (Å²) in [5, 5.41) is 12.8. The Morgan fingerprint density at radius 3 is 2.91 bits per heavy atom. The van der Waals surface area contributed by atoms with E-state index in [2.05, 4.69) is 33.3 Å². The Balaban J connectivity index is 1.42. The Labute approximate surface area is 185 Å². The second-order valence-electron chi connectivity index (χ2n) is 8.11. The second-order valence-corrected chi connectivity index (χ2v) is 8.11. The summed E-state index contributed by atoms with van der Waals surface area (Å²) in [6, 6.07) is 7.50. The summed E-state index contributed by atoms with van der Waals surface area (Å²) in [7, 11) is 2.06. The third kappa shape index (κ3) is 4.72. The number of aromatic amines is 1. The van der Waals surface area contributed by atoms with Crippen LogP contribution >= 0.6 is 0 Å². The molecule has 2 aromatic heterocycles. The Morgan fingerprint density at radius 1 is 1.41 bits per heavy atom. The minimum Gasteiger partial charge on any atom is -0.453 e. The summed E-state index contributed by atoms with van der Waals surface area (Å²) in [5.41, 5.74) is 7.51. The lowest BCUT2D eigenvalue weighted by Crippen LogP contribution is -2.49. The van der Waals surface area contributed by atoms with Crippen molar-refractivity contribution >= 4 is 16.9 Å². The van der Waals surface area contributed by atoms with Crippen LogP contribution in [0.3, 0.4) is 0 Å². The highest BCUT2D eigenvalue weighted by atomic mass is 19.1. The number of nitrogens with two attached hydrogens (primary N) is 1. The van der Waals surface area contributed by atoms with Crippen LogP contribution in [0, 0.1) is 17.1 Å². The maximum absolute atomic E-state index is 14.7. The zero-order valence-electron chi connectivity index (χ0n) is 17.8. The molecule has 3 aromatic rings. The van der Waals surface area contributed by atoms with Crippen LogP contribution in [0.25, 0.3) is 11.0 Å². The molecular formula is C23H25FN6O2. The van der Waals surface area contributed by atoms with Gasteiger partial charge in [-0.25, -0.2) is 9.37 Å². The van der Waals surface area contributed by atoms with Crippen molar-refractivity contribution in [2.45, 2.75) is 31.3 Å². The molecule has 1 aliphatic rings. The molecule has 8 nitrogen and oxygen atoms in total. The maximum atomic E-state index is 14.7. The van der Waals surface area contributed by atoms with Gasteiger partial charge in [0.1, 0.15) is 17.5 Å². The highest BCUT2D eigenvalue weighted by Crippen LogP contribution is 2.32. The van der Waals surface area contributed by atoms with Crippen LogP contribution in [0.15, 0.2) is 36.7 Å². The van der Waals surface area contributed by atoms with E-state index < -0.39 is 11.9 Å². The van der Waals surface area contributed by atoms with Crippen molar-refractivity contribution in [1.82, 2.24) is 20.2 Å². The number of benzene rings is 1. The molecule has 1 aromatic carbocycles. The Morgan fingerprint density at radius 2 is 2.19 bits per heavy atom. The standard InChI is InChI=1S/C23H25FN6O2/c1-30-8-5-16(6-9-30)29-23(31)18(26)11-14-2-3-19(17(24)10-14)32-20-4-7-27-22-21(20)15(12-25)13-28-22/h2-4,7,10,13,16,18H,5-6,8-9,11,26H2,1H3,(H,27,28)(H,29,31). The number of halogens is 1. The van der Waals surface area contributed by atoms with Crippen molar-refractivity contribution < 1.29 is 13.9 Å². The molecule has 1 amide bonds. The van der Waals surface area contributed by atoms with Crippen molar-refractivity contribution in [1.29, 1.82) is 5.26 Å². The van der Waals surface area contributed by atoms with E-state index >= 15 is 0 Å². The number of pyridine rings is 1. The van der Waals surface area contributed by atoms with Crippen LogP contribution in [0.2, 0.25) is 0 Å². The summed E-state index contributed by atoms with van der Waals surface area (Å²) in [4.78, 5) is 21.7. The molecule has 166 valence electrons. The van der Waals surface area contributed by atoms with Crippen LogP contribution in [-0.4, -0.2) is 53.0 Å². The molecule has 1 aliphatic heterocycles. The quantitative estimate of drug-likeness (QED) is 0.546. The molecule has 4 N–H and O–H groups in total. The molecule has 0 radical (unpaired) electrons. The Bertz CT molecular complexity index is 1160. The summed E-state index contributed by atoms with van der Waals surface area (Å²) in [6.07, 6.45) is 5.05. The smallest absolute Gasteiger partial charge is 0.237 e. The normalized spacial score (nSPS) is 15.9. The largest absolute Gasteiger partial charge is 0.453 e. The van der Waals surface area contributed by atoms with Crippen molar-refractivity contribution in [3.63, 3.8) is 0 Å². The van der Waals surface area contributed by atoms with Crippen LogP contribution < -0.4 is 15.8 Å². The van der Waals surface area contributed by atoms with Crippen LogP contribution in [-0.2, 0) is 11.2 Å². The van der Waals surface area contributed by atoms with Crippen LogP contribution in [0.1, 0.15) is 24.0 Å². The topological polar surface area (TPSA) is 120 Å². The zero-order chi connectivity index (χ0) is 22.7. The Hall–Kier alpha value is -3.48. The second kappa shape index (κ2) is 9.34. The van der Waals surface area contributed by atoms with Gasteiger partial charge in [0.2, 0.25) is 5.91 Å². The molecule has 0 saturated carbocycles. The van der Waals surface area contributed by atoms with E-state index in [4.69, 9.17) is 10.5 Å². The van der Waals surface area contributed by atoms with Gasteiger partial charge in [0, 0.05) is 18.4 Å². The maximum Gasteiger partial charge on any atom is 0.237 e. The number of nitrogens with one attached hydrogen (secondary N) is 2. The van der Waals surface area contributed by atoms with Gasteiger partial charge in [0.25, 0.3) is 0 Å². The number of amides is 1. The van der Waals surface area contributed by atoms with Crippen molar-refractivity contribution in [2.24, 2.45) is 5.73 Å². The highest BCUT2D eigenvalue weighted by Gasteiger charge is 2.22. The average molecular weight is 436 g/mol. The minimum atomic E-state index is -0.765. The van der Waals surface area contributed by atoms with Gasteiger partial charge in [-0.05, 0) is 63.2 Å². The zero-order valence-corrected chi connectivity index (χ0v) is 17.8. The molecule has 1 fully saturated rings. The third-order valence-electron chi connectivity index (χ3n) is 5.73. The van der Waals surface area contributed by atoms with Gasteiger partial charge < -0.3 is 25.7 Å². The fraction of sp³-hybridized carbons (Fsp3) is 0.348. The predicted molar refractivity (Wildman–Crippen MR) is 118 cm³/mol. The number of likely N-dealkylation sites (tertiary alicyclic amines) is 1. The summed E-state index contributed by atoms with van der Waals surface area (Å²) in [5.74, 6) is -0.468. The summed E-state index contributed by atoms with van der Waals surface area (Å²) < 4.78 is 20.5. The molecule has 0 aliphatic carbocycles. The molecule has 32 heavy (non-hydrogen) atoms. The number of fused-ring (bicyclic) bond motifs is 1. The van der Waals surface area contributed by atoms with Gasteiger partial charge >= 0.3 is 0 Å². The van der Waals surface area contributed by atoms with Crippen molar-refractivity contribution in [3.05, 3.63) is 53.6 Å². The number of carbonyl (C=O) groups excluding carboxylic acids is 1. The molecule has 3 heterocycles. The molecular weight excluding hydrogens is 411 g/mol. The minimum absolute atomic E-state index is 0.00990. The molecule has 0 spiro atoms. The van der Waals surface area contributed by atoms with Gasteiger partial charge in [0.15, 0.2) is 11.6 Å². The molecule has 1 unspecified atom stereocenters. The summed E-state index contributed by atoms with van der Waals surface area (Å²) >= 11 is 0. The molecule has 0 bridgehead atoms. The number of H-pyrrole nitrogens is 1. The van der Waals surface area contributed by atoms with E-state index in [1.165, 1.54) is 24.5 Å². The molecule has 1 saturated heterocycles. The van der Waals surface area contributed by atoms with E-state index in [0.717, 1.165) is 25.9 Å². The SMILES string of the molecule is CN1CCC(NC(=O)C(N)Cc2ccc(Oc3ccnc4[nH]cc(C#N)c34)c(F)c2)CC1. The number of piperidine rings is 1. The van der Waals surface area contributed by atoms with Gasteiger partial charge in [-0.3, -0.25) is 4.79 Å². The lowest BCUT2D eigenvalue weighted by Gasteiger charge is -2.30. The van der Waals surface area contributed by atoms with Gasteiger partial charge in [0.05, 0.1) is 17.0 Å². The molecule has 4 rings (SSSR count). The van der Waals surface area contributed by atoms with Gasteiger partial charge in [-0.15, -0.1) is 0 Å². The van der Waals surface area contributed by atoms with Crippen LogP contribution in [0.4, 0.5) is 4.39 Å². The van der Waals surface area contributed by atoms with E-state index in [0.29, 0.717) is 27.9 Å². The van der Waals surface area contributed by atoms with Crippen LogP contribution in [0.5, 0.6) is 11.5 Å². The van der Waals surface area contributed by atoms with Crippen molar-refractivity contribution in [2.75, 3.05) is 20.1 Å². The van der Waals surface area contributed by atoms with Gasteiger partial charge in [-0.2, -0.15) is 5.26 Å². The fourth-order valence-electron chi connectivity index (χ4n) is 3.88. The number of hydrogen-bond donors (Lipinski definition) is 3. The van der Waals surface area contributed by atoms with E-state index in [9.17, 15) is 14.4 Å². The first-order valence-electron chi connectivity index (χ1n) is 10.5. The third-order valence-corrected chi connectivity index (χ3v) is 5.73. The number of rotatable bonds is 6. The van der Waals surface area contributed by atoms with Crippen molar-refractivity contribution in [3.8, 4) is 17.6 Å². The van der Waals surface area contributed by atoms with E-state index in [1.807, 2.05) is 0 Å². The number of ether oxygens (including phenoxy) is 1. The first-order valence-corrected chi connectivity index (χ1v) is 10.5. The molecule has 1 atom stereocenters. The predicted octanol–water partition coefficient (Wildman–Crippen LogP) is 2.45. The number of hydrogen-bond acceptors (Lipinski definition) is 6. The number of aromatic nitrogens is 2. The van der Waals surface area contributed by atoms with Gasteiger partial charge in [-0.1, -0.05) is 6.07 Å². The lowest BCUT2D eigenvalue weighted by molar-refractivity contribution is -0.123. The molecule has 9 heteroatoms. The fourth-order valence-corrected chi connectivity index (χ4v) is 3.88. The van der Waals surface area contributed by atoms with E-state index in [-0.39, 0.29) is 24.1 Å². The first-order chi connectivity index (χ1) is 15.4. The first kappa shape index (κ1) is 21.7. The lowest BCUT2D eigenvalue weighted by atomic mass is 10.0. The summed E-state index contributed by atoms with van der Waals surface area (Å²) in [6.45, 7) is 1.88. The monoisotopic (exact) mass is 436 g/mol. The number of nitrogens with zero attached hydrogens (tertiary/aromatic N) is 3. The number of nitriles is 1.